The summed E-state index contributed by atoms with van der Waals surface area (Å²) in [5, 5.41) is 5.28. The first-order valence-electron chi connectivity index (χ1n) is 5.84. The van der Waals surface area contributed by atoms with Gasteiger partial charge in [0.15, 0.2) is 5.65 Å². The molecule has 2 aromatic heterocycles. The van der Waals surface area contributed by atoms with E-state index in [1.807, 2.05) is 13.2 Å². The third-order valence-electron chi connectivity index (χ3n) is 3.68. The van der Waals surface area contributed by atoms with Crippen LogP contribution in [0.3, 0.4) is 0 Å². The minimum atomic E-state index is 0.377. The fourth-order valence-corrected chi connectivity index (χ4v) is 2.84. The number of aromatic nitrogens is 4. The number of hydrogen-bond donors (Lipinski definition) is 0. The molecule has 6 nitrogen and oxygen atoms in total. The number of anilines is 1. The zero-order chi connectivity index (χ0) is 11.4. The van der Waals surface area contributed by atoms with Gasteiger partial charge < -0.3 is 9.64 Å². The summed E-state index contributed by atoms with van der Waals surface area (Å²) in [7, 11) is 1.90. The molecule has 0 aromatic carbocycles. The molecule has 0 amide bonds. The van der Waals surface area contributed by atoms with Crippen molar-refractivity contribution in [2.24, 2.45) is 7.05 Å². The summed E-state index contributed by atoms with van der Waals surface area (Å²) < 4.78 is 7.40. The van der Waals surface area contributed by atoms with Gasteiger partial charge in [-0.25, -0.2) is 9.97 Å². The van der Waals surface area contributed by atoms with Gasteiger partial charge in [-0.2, -0.15) is 5.10 Å². The minimum absolute atomic E-state index is 0.377. The minimum Gasteiger partial charge on any atom is -0.374 e. The molecule has 2 bridgehead atoms. The van der Waals surface area contributed by atoms with Gasteiger partial charge in [-0.3, -0.25) is 4.68 Å². The standard InChI is InChI=1S/C11H13N5O/c1-15-10-9(3-14-15)11(13-6-12-10)16-4-8-2-7(16)5-17-8/h3,6-8H,2,4-5H2,1H3. The normalized spacial score (nSPS) is 27.2. The monoisotopic (exact) mass is 231 g/mol. The van der Waals surface area contributed by atoms with Crippen molar-refractivity contribution in [3.05, 3.63) is 12.5 Å². The molecule has 2 atom stereocenters. The average molecular weight is 231 g/mol. The highest BCUT2D eigenvalue weighted by Crippen LogP contribution is 2.34. The van der Waals surface area contributed by atoms with E-state index in [1.165, 1.54) is 0 Å². The molecule has 2 unspecified atom stereocenters. The molecule has 2 fully saturated rings. The molecule has 0 radical (unpaired) electrons. The van der Waals surface area contributed by atoms with Crippen molar-refractivity contribution in [2.75, 3.05) is 18.1 Å². The highest BCUT2D eigenvalue weighted by Gasteiger charge is 2.40. The predicted octanol–water partition coefficient (Wildman–Crippen LogP) is 0.341. The van der Waals surface area contributed by atoms with Crippen LogP contribution in [0.15, 0.2) is 12.5 Å². The second-order valence-corrected chi connectivity index (χ2v) is 4.70. The van der Waals surface area contributed by atoms with Crippen molar-refractivity contribution in [2.45, 2.75) is 18.6 Å². The van der Waals surface area contributed by atoms with Crippen molar-refractivity contribution in [3.63, 3.8) is 0 Å². The molecule has 6 heteroatoms. The number of ether oxygens (including phenoxy) is 1. The lowest BCUT2D eigenvalue weighted by Crippen LogP contribution is -2.37. The number of nitrogens with zero attached hydrogens (tertiary/aromatic N) is 5. The Morgan fingerprint density at radius 2 is 2.35 bits per heavy atom. The van der Waals surface area contributed by atoms with Gasteiger partial charge in [0.05, 0.1) is 30.3 Å². The van der Waals surface area contributed by atoms with E-state index in [2.05, 4.69) is 20.0 Å². The van der Waals surface area contributed by atoms with E-state index in [4.69, 9.17) is 4.74 Å². The molecule has 2 aromatic rings. The zero-order valence-corrected chi connectivity index (χ0v) is 9.58. The predicted molar refractivity (Wildman–Crippen MR) is 61.8 cm³/mol. The SMILES string of the molecule is Cn1ncc2c(N3CC4CC3CO4)ncnc21. The number of aryl methyl sites for hydroxylation is 1. The number of hydrogen-bond acceptors (Lipinski definition) is 5. The smallest absolute Gasteiger partial charge is 0.163 e. The van der Waals surface area contributed by atoms with E-state index in [1.54, 1.807) is 11.0 Å². The fraction of sp³-hybridized carbons (Fsp3) is 0.545. The Morgan fingerprint density at radius 3 is 3.12 bits per heavy atom. The Bertz CT molecular complexity index is 580. The molecule has 2 aliphatic heterocycles. The molecule has 0 saturated carbocycles. The van der Waals surface area contributed by atoms with Crippen molar-refractivity contribution in [3.8, 4) is 0 Å². The van der Waals surface area contributed by atoms with Crippen LogP contribution in [0.1, 0.15) is 6.42 Å². The molecule has 0 spiro atoms. The lowest BCUT2D eigenvalue weighted by atomic mass is 10.2. The van der Waals surface area contributed by atoms with Crippen LogP contribution >= 0.6 is 0 Å². The molecule has 17 heavy (non-hydrogen) atoms. The summed E-state index contributed by atoms with van der Waals surface area (Å²) in [4.78, 5) is 11.0. The largest absolute Gasteiger partial charge is 0.374 e. The summed E-state index contributed by atoms with van der Waals surface area (Å²) in [6, 6.07) is 0.471. The van der Waals surface area contributed by atoms with Crippen LogP contribution in [-0.4, -0.2) is 45.0 Å². The topological polar surface area (TPSA) is 56.1 Å². The summed E-state index contributed by atoms with van der Waals surface area (Å²) in [6.45, 7) is 1.75. The Balaban J connectivity index is 1.85. The van der Waals surface area contributed by atoms with E-state index < -0.39 is 0 Å². The molecular weight excluding hydrogens is 218 g/mol. The Labute approximate surface area is 98.2 Å². The first-order valence-corrected chi connectivity index (χ1v) is 5.84. The number of rotatable bonds is 1. The third-order valence-corrected chi connectivity index (χ3v) is 3.68. The highest BCUT2D eigenvalue weighted by atomic mass is 16.5. The van der Waals surface area contributed by atoms with Crippen LogP contribution in [-0.2, 0) is 11.8 Å². The van der Waals surface area contributed by atoms with Crippen molar-refractivity contribution >= 4 is 16.9 Å². The molecule has 0 aliphatic carbocycles. The van der Waals surface area contributed by atoms with Crippen LogP contribution in [0, 0.1) is 0 Å². The lowest BCUT2D eigenvalue weighted by Gasteiger charge is -2.27. The maximum atomic E-state index is 5.61. The average Bonchev–Trinajstić information content (AvgIpc) is 3.04. The van der Waals surface area contributed by atoms with Crippen LogP contribution in [0.5, 0.6) is 0 Å². The maximum absolute atomic E-state index is 5.61. The summed E-state index contributed by atoms with van der Waals surface area (Å²) in [6.07, 6.45) is 4.96. The van der Waals surface area contributed by atoms with Crippen molar-refractivity contribution in [1.29, 1.82) is 0 Å². The zero-order valence-electron chi connectivity index (χ0n) is 9.58. The van der Waals surface area contributed by atoms with Gasteiger partial charge in [0, 0.05) is 13.6 Å². The molecule has 0 N–H and O–H groups in total. The first-order chi connectivity index (χ1) is 8.33. The number of fused-ring (bicyclic) bond motifs is 3. The van der Waals surface area contributed by atoms with E-state index in [0.717, 1.165) is 36.4 Å². The first kappa shape index (κ1) is 9.35. The molecule has 2 saturated heterocycles. The molecular formula is C11H13N5O. The van der Waals surface area contributed by atoms with Gasteiger partial charge in [-0.15, -0.1) is 0 Å². The van der Waals surface area contributed by atoms with Gasteiger partial charge in [0.25, 0.3) is 0 Å². The van der Waals surface area contributed by atoms with Crippen molar-refractivity contribution < 1.29 is 4.74 Å². The van der Waals surface area contributed by atoms with Crippen LogP contribution in [0.25, 0.3) is 11.0 Å². The van der Waals surface area contributed by atoms with Crippen LogP contribution in [0.4, 0.5) is 5.82 Å². The van der Waals surface area contributed by atoms with Gasteiger partial charge in [-0.05, 0) is 6.42 Å². The second kappa shape index (κ2) is 3.16. The fourth-order valence-electron chi connectivity index (χ4n) is 2.84. The van der Waals surface area contributed by atoms with E-state index >= 15 is 0 Å². The third kappa shape index (κ3) is 1.21. The molecule has 2 aliphatic rings. The molecule has 4 heterocycles. The van der Waals surface area contributed by atoms with Gasteiger partial charge in [0.1, 0.15) is 12.1 Å². The van der Waals surface area contributed by atoms with Crippen LogP contribution in [0.2, 0.25) is 0 Å². The lowest BCUT2D eigenvalue weighted by molar-refractivity contribution is 0.0990. The number of morpholine rings is 1. The second-order valence-electron chi connectivity index (χ2n) is 4.70. The Kier molecular flexibility index (Phi) is 1.74. The van der Waals surface area contributed by atoms with Gasteiger partial charge in [0.2, 0.25) is 0 Å². The van der Waals surface area contributed by atoms with Crippen molar-refractivity contribution in [1.82, 2.24) is 19.7 Å². The van der Waals surface area contributed by atoms with E-state index in [9.17, 15) is 0 Å². The summed E-state index contributed by atoms with van der Waals surface area (Å²) in [5.74, 6) is 0.999. The van der Waals surface area contributed by atoms with E-state index in [0.29, 0.717) is 12.1 Å². The Hall–Kier alpha value is -1.69. The summed E-state index contributed by atoms with van der Waals surface area (Å²) in [5.41, 5.74) is 0.888. The van der Waals surface area contributed by atoms with E-state index in [-0.39, 0.29) is 0 Å². The van der Waals surface area contributed by atoms with Crippen LogP contribution < -0.4 is 4.90 Å². The maximum Gasteiger partial charge on any atom is 0.163 e. The highest BCUT2D eigenvalue weighted by molar-refractivity contribution is 5.87. The van der Waals surface area contributed by atoms with Gasteiger partial charge in [-0.1, -0.05) is 0 Å². The molecule has 4 rings (SSSR count). The molecule has 88 valence electrons. The quantitative estimate of drug-likeness (QED) is 0.708. The summed E-state index contributed by atoms with van der Waals surface area (Å²) >= 11 is 0. The Morgan fingerprint density at radius 1 is 1.41 bits per heavy atom. The van der Waals surface area contributed by atoms with Gasteiger partial charge >= 0.3 is 0 Å².